The second-order valence-corrected chi connectivity index (χ2v) is 14.7. The summed E-state index contributed by atoms with van der Waals surface area (Å²) in [7, 11) is 0. The number of hydrogen-bond donors (Lipinski definition) is 0. The van der Waals surface area contributed by atoms with Crippen molar-refractivity contribution in [3.8, 4) is 0 Å². The van der Waals surface area contributed by atoms with E-state index in [1.807, 2.05) is 6.92 Å². The first-order chi connectivity index (χ1) is 18.0. The molecule has 0 unspecified atom stereocenters. The van der Waals surface area contributed by atoms with E-state index >= 15 is 0 Å². The zero-order valence-corrected chi connectivity index (χ0v) is 24.8. The van der Waals surface area contributed by atoms with Gasteiger partial charge in [0.15, 0.2) is 0 Å². The van der Waals surface area contributed by atoms with Crippen molar-refractivity contribution in [2.45, 2.75) is 130 Å². The van der Waals surface area contributed by atoms with Crippen molar-refractivity contribution >= 4 is 11.9 Å². The summed E-state index contributed by atoms with van der Waals surface area (Å²) in [5.74, 6) is 3.76. The molecule has 5 heteroatoms. The number of hydrogen-bond acceptors (Lipinski definition) is 4. The number of fused-ring (bicyclic) bond motifs is 7. The Morgan fingerprint density at radius 3 is 2.63 bits per heavy atom. The summed E-state index contributed by atoms with van der Waals surface area (Å²) in [4.78, 5) is 27.1. The van der Waals surface area contributed by atoms with Crippen LogP contribution in [0, 0.1) is 46.3 Å². The topological polar surface area (TPSA) is 55.8 Å². The Kier molecular flexibility index (Phi) is 6.60. The molecule has 2 aliphatic heterocycles. The molecule has 2 saturated heterocycles. The van der Waals surface area contributed by atoms with Gasteiger partial charge in [-0.05, 0) is 98.2 Å². The fourth-order valence-electron chi connectivity index (χ4n) is 11.0. The Hall–Kier alpha value is -1.36. The van der Waals surface area contributed by atoms with Gasteiger partial charge < -0.3 is 14.4 Å². The number of piperidine rings is 1. The first kappa shape index (κ1) is 26.8. The van der Waals surface area contributed by atoms with Crippen molar-refractivity contribution in [1.82, 2.24) is 4.90 Å². The average Bonchev–Trinajstić information content (AvgIpc) is 3.31. The maximum atomic E-state index is 12.8. The summed E-state index contributed by atoms with van der Waals surface area (Å²) < 4.78 is 13.0. The molecule has 6 rings (SSSR count). The van der Waals surface area contributed by atoms with Gasteiger partial charge in [0.1, 0.15) is 11.8 Å². The van der Waals surface area contributed by atoms with Crippen molar-refractivity contribution in [1.29, 1.82) is 0 Å². The van der Waals surface area contributed by atoms with E-state index in [0.29, 0.717) is 36.0 Å². The van der Waals surface area contributed by atoms with Gasteiger partial charge in [0, 0.05) is 32.2 Å². The molecule has 6 aliphatic rings. The number of likely N-dealkylation sites (tertiary alicyclic amines) is 1. The first-order valence-electron chi connectivity index (χ1n) is 15.9. The minimum Gasteiger partial charge on any atom is -0.462 e. The monoisotopic (exact) mass is 525 g/mol. The predicted molar refractivity (Wildman–Crippen MR) is 148 cm³/mol. The standard InChI is InChI=1S/C33H51NO4/c1-7-8-29(36)37-24-12-14-31(5)23(17-24)9-10-25-26(31)13-15-32(6)27(25)18-28-30(32)21(3)33(38-28)16-11-20(2)19-34(33)22(4)35/h9,20-21,24-28,30H,7-8,10-19H2,1-6H3/t20-,21-,24+,25-,26+,27-,28-,30-,31-,32-,33+/m0/s1. The molecule has 5 nitrogen and oxygen atoms in total. The quantitative estimate of drug-likeness (QED) is 0.297. The molecule has 4 aliphatic carbocycles. The lowest BCUT2D eigenvalue weighted by Gasteiger charge is -2.59. The average molecular weight is 526 g/mol. The Morgan fingerprint density at radius 2 is 1.89 bits per heavy atom. The molecule has 0 aromatic heterocycles. The van der Waals surface area contributed by atoms with Crippen LogP contribution in [0.4, 0.5) is 0 Å². The van der Waals surface area contributed by atoms with Crippen molar-refractivity contribution in [2.75, 3.05) is 6.54 Å². The lowest BCUT2D eigenvalue weighted by Crippen LogP contribution is -2.60. The van der Waals surface area contributed by atoms with E-state index in [1.165, 1.54) is 19.3 Å². The summed E-state index contributed by atoms with van der Waals surface area (Å²) >= 11 is 0. The molecule has 0 aromatic rings. The maximum Gasteiger partial charge on any atom is 0.306 e. The van der Waals surface area contributed by atoms with Crippen molar-refractivity contribution in [3.63, 3.8) is 0 Å². The molecule has 11 atom stereocenters. The van der Waals surface area contributed by atoms with E-state index in [0.717, 1.165) is 57.4 Å². The number of carbonyl (C=O) groups excluding carboxylic acids is 2. The number of nitrogens with zero attached hydrogens (tertiary/aromatic N) is 1. The van der Waals surface area contributed by atoms with Gasteiger partial charge >= 0.3 is 5.97 Å². The number of ether oxygens (including phenoxy) is 2. The van der Waals surface area contributed by atoms with E-state index in [-0.39, 0.29) is 34.9 Å². The largest absolute Gasteiger partial charge is 0.462 e. The molecule has 2 heterocycles. The summed E-state index contributed by atoms with van der Waals surface area (Å²) in [5, 5.41) is 0. The Balaban J connectivity index is 1.22. The highest BCUT2D eigenvalue weighted by Crippen LogP contribution is 2.70. The van der Waals surface area contributed by atoms with Gasteiger partial charge in [0.2, 0.25) is 5.91 Å². The fraction of sp³-hybridized carbons (Fsp3) is 0.879. The van der Waals surface area contributed by atoms with Gasteiger partial charge in [-0.2, -0.15) is 0 Å². The fourth-order valence-corrected chi connectivity index (χ4v) is 11.0. The highest BCUT2D eigenvalue weighted by molar-refractivity contribution is 5.74. The van der Waals surface area contributed by atoms with Gasteiger partial charge in [0.25, 0.3) is 0 Å². The van der Waals surface area contributed by atoms with E-state index in [4.69, 9.17) is 9.47 Å². The Labute approximate surface area is 230 Å². The Morgan fingerprint density at radius 1 is 1.11 bits per heavy atom. The zero-order valence-electron chi connectivity index (χ0n) is 24.8. The number of rotatable bonds is 3. The van der Waals surface area contributed by atoms with Crippen molar-refractivity contribution in [3.05, 3.63) is 11.6 Å². The summed E-state index contributed by atoms with van der Waals surface area (Å²) in [6, 6.07) is 0. The molecule has 38 heavy (non-hydrogen) atoms. The van der Waals surface area contributed by atoms with Crippen LogP contribution < -0.4 is 0 Å². The van der Waals surface area contributed by atoms with Crippen LogP contribution in [0.15, 0.2) is 11.6 Å². The van der Waals surface area contributed by atoms with Crippen LogP contribution in [0.3, 0.4) is 0 Å². The first-order valence-corrected chi connectivity index (χ1v) is 15.9. The van der Waals surface area contributed by atoms with Crippen LogP contribution in [0.2, 0.25) is 0 Å². The third-order valence-electron chi connectivity index (χ3n) is 12.8. The number of amides is 1. The van der Waals surface area contributed by atoms with Gasteiger partial charge in [-0.15, -0.1) is 0 Å². The Bertz CT molecular complexity index is 1010. The highest BCUT2D eigenvalue weighted by atomic mass is 16.5. The second-order valence-electron chi connectivity index (χ2n) is 14.7. The van der Waals surface area contributed by atoms with E-state index in [2.05, 4.69) is 38.7 Å². The predicted octanol–water partition coefficient (Wildman–Crippen LogP) is 6.90. The zero-order chi connectivity index (χ0) is 27.0. The third kappa shape index (κ3) is 3.79. The van der Waals surface area contributed by atoms with Crippen molar-refractivity contribution < 1.29 is 19.1 Å². The van der Waals surface area contributed by atoms with Crippen LogP contribution in [0.5, 0.6) is 0 Å². The van der Waals surface area contributed by atoms with Crippen LogP contribution in [-0.4, -0.2) is 41.3 Å². The van der Waals surface area contributed by atoms with Gasteiger partial charge in [-0.1, -0.05) is 46.3 Å². The molecule has 1 amide bonds. The summed E-state index contributed by atoms with van der Waals surface area (Å²) in [6.07, 6.45) is 14.4. The highest BCUT2D eigenvalue weighted by Gasteiger charge is 2.69. The number of esters is 1. The molecule has 212 valence electrons. The summed E-state index contributed by atoms with van der Waals surface area (Å²) in [5.41, 5.74) is 1.71. The van der Waals surface area contributed by atoms with Crippen LogP contribution in [0.1, 0.15) is 112 Å². The molecular weight excluding hydrogens is 474 g/mol. The lowest BCUT2D eigenvalue weighted by atomic mass is 9.46. The SMILES string of the molecule is CCCC(=O)O[C@@H]1CC[C@@]2(C)C(=CC[C@H]3[C@H]2CC[C@]2(C)[C@@H]4[C@H](C[C@@H]32)O[C@]2(CC[C@H](C)CN2C(C)=O)[C@H]4C)C1. The van der Waals surface area contributed by atoms with Gasteiger partial charge in [0.05, 0.1) is 6.10 Å². The molecular formula is C33H51NO4. The second kappa shape index (κ2) is 9.35. The molecule has 0 radical (unpaired) electrons. The van der Waals surface area contributed by atoms with Crippen molar-refractivity contribution in [2.24, 2.45) is 46.3 Å². The smallest absolute Gasteiger partial charge is 0.306 e. The minimum absolute atomic E-state index is 0.0241. The maximum absolute atomic E-state index is 12.8. The summed E-state index contributed by atoms with van der Waals surface area (Å²) in [6.45, 7) is 14.4. The van der Waals surface area contributed by atoms with Crippen LogP contribution in [0.25, 0.3) is 0 Å². The number of allylic oxidation sites excluding steroid dienone is 1. The number of carbonyl (C=O) groups is 2. The molecule has 0 bridgehead atoms. The van der Waals surface area contributed by atoms with Crippen LogP contribution >= 0.6 is 0 Å². The van der Waals surface area contributed by atoms with E-state index in [9.17, 15) is 9.59 Å². The van der Waals surface area contributed by atoms with Gasteiger partial charge in [-0.25, -0.2) is 0 Å². The molecule has 0 N–H and O–H groups in total. The van der Waals surface area contributed by atoms with E-state index in [1.54, 1.807) is 12.5 Å². The molecule has 0 aromatic carbocycles. The third-order valence-corrected chi connectivity index (χ3v) is 12.8. The molecule has 5 fully saturated rings. The molecule has 3 saturated carbocycles. The lowest BCUT2D eigenvalue weighted by molar-refractivity contribution is -0.200. The molecule has 1 spiro atoms. The minimum atomic E-state index is -0.391. The van der Waals surface area contributed by atoms with E-state index < -0.39 is 5.72 Å². The van der Waals surface area contributed by atoms with Gasteiger partial charge in [-0.3, -0.25) is 9.59 Å². The normalized spacial score (nSPS) is 49.5. The van der Waals surface area contributed by atoms with Crippen LogP contribution in [-0.2, 0) is 19.1 Å².